The Bertz CT molecular complexity index is 3790. The van der Waals surface area contributed by atoms with Gasteiger partial charge in [0.15, 0.2) is 28.5 Å². The predicted octanol–water partition coefficient (Wildman–Crippen LogP) is 13.6. The molecule has 11 nitrogen and oxygen atoms in total. The minimum atomic E-state index is -1.43. The van der Waals surface area contributed by atoms with Gasteiger partial charge in [-0.2, -0.15) is 0 Å². The Labute approximate surface area is 498 Å². The molecule has 85 heavy (non-hydrogen) atoms. The fourth-order valence-electron chi connectivity index (χ4n) is 10.9. The number of thiazole rings is 1. The van der Waals surface area contributed by atoms with Gasteiger partial charge in [-0.1, -0.05) is 248 Å². The van der Waals surface area contributed by atoms with Gasteiger partial charge in [0.2, 0.25) is 5.60 Å². The second-order valence-corrected chi connectivity index (χ2v) is 22.1. The summed E-state index contributed by atoms with van der Waals surface area (Å²) < 4.78 is 41.3. The van der Waals surface area contributed by atoms with Crippen molar-refractivity contribution in [3.63, 3.8) is 0 Å². The van der Waals surface area contributed by atoms with Crippen molar-refractivity contribution >= 4 is 51.7 Å². The van der Waals surface area contributed by atoms with Crippen molar-refractivity contribution in [2.24, 2.45) is 5.16 Å². The highest BCUT2D eigenvalue weighted by Gasteiger charge is 2.55. The number of ether oxygens (including phenoxy) is 2. The number of fused-ring (bicyclic) bond motifs is 1. The minimum absolute atomic E-state index is 0.0975. The van der Waals surface area contributed by atoms with Crippen molar-refractivity contribution in [1.82, 2.24) is 15.2 Å². The minimum Gasteiger partial charge on any atom is -0.486 e. The number of hydrogen-bond acceptors (Lipinski definition) is 11. The maximum atomic E-state index is 15.6. The van der Waals surface area contributed by atoms with E-state index in [2.05, 4.69) is 47.0 Å². The number of oxime groups is 1. The first-order chi connectivity index (χ1) is 41.7. The fourth-order valence-corrected chi connectivity index (χ4v) is 13.0. The molecule has 10 aromatic rings. The number of nitrogens with zero attached hydrogens (tertiary/aromatic N) is 3. The second kappa shape index (κ2) is 24.9. The highest BCUT2D eigenvalue weighted by atomic mass is 32.2. The molecule has 0 aliphatic carbocycles. The lowest BCUT2D eigenvalue weighted by Crippen LogP contribution is -2.71. The van der Waals surface area contributed by atoms with Crippen molar-refractivity contribution in [2.75, 3.05) is 17.7 Å². The summed E-state index contributed by atoms with van der Waals surface area (Å²) in [6.07, 6.45) is -0.900. The van der Waals surface area contributed by atoms with E-state index in [-0.39, 0.29) is 35.2 Å². The van der Waals surface area contributed by atoms with Crippen LogP contribution in [0.5, 0.6) is 5.75 Å². The molecule has 2 atom stereocenters. The van der Waals surface area contributed by atoms with E-state index in [1.54, 1.807) is 5.38 Å². The molecule has 2 N–H and O–H groups in total. The first-order valence-corrected chi connectivity index (χ1v) is 29.3. The van der Waals surface area contributed by atoms with Crippen LogP contribution >= 0.6 is 23.1 Å². The third kappa shape index (κ3) is 11.2. The molecule has 0 radical (unpaired) electrons. The van der Waals surface area contributed by atoms with E-state index < -0.39 is 58.1 Å². The van der Waals surface area contributed by atoms with Crippen LogP contribution in [0.3, 0.4) is 0 Å². The van der Waals surface area contributed by atoms with Crippen LogP contribution in [0.2, 0.25) is 0 Å². The van der Waals surface area contributed by atoms with Gasteiger partial charge in [-0.25, -0.2) is 18.6 Å². The van der Waals surface area contributed by atoms with Crippen LogP contribution in [0.25, 0.3) is 0 Å². The predicted molar refractivity (Wildman–Crippen MR) is 326 cm³/mol. The summed E-state index contributed by atoms with van der Waals surface area (Å²) in [7, 11) is 0. The first kappa shape index (κ1) is 55.6. The summed E-state index contributed by atoms with van der Waals surface area (Å²) in [5.41, 5.74) is 3.96. The lowest BCUT2D eigenvalue weighted by Gasteiger charge is -2.49. The van der Waals surface area contributed by atoms with Crippen LogP contribution in [0.15, 0.2) is 283 Å². The number of aromatic nitrogens is 1. The Morgan fingerprint density at radius 2 is 1.08 bits per heavy atom. The maximum absolute atomic E-state index is 15.6. The van der Waals surface area contributed by atoms with Gasteiger partial charge in [0.1, 0.15) is 40.8 Å². The lowest BCUT2D eigenvalue weighted by atomic mass is 9.77. The largest absolute Gasteiger partial charge is 0.486 e. The van der Waals surface area contributed by atoms with Gasteiger partial charge in [0, 0.05) is 39.5 Å². The van der Waals surface area contributed by atoms with E-state index in [9.17, 15) is 14.0 Å². The Hall–Kier alpha value is -9.96. The van der Waals surface area contributed by atoms with Crippen LogP contribution < -0.4 is 15.4 Å². The number of halogens is 2. The van der Waals surface area contributed by atoms with Gasteiger partial charge < -0.3 is 24.9 Å². The molecule has 1 unspecified atom stereocenters. The number of thioether (sulfide) groups is 1. The smallest absolute Gasteiger partial charge is 0.356 e. The molecule has 2 aliphatic rings. The van der Waals surface area contributed by atoms with Crippen LogP contribution in [0, 0.1) is 11.6 Å². The number of hydrogen-bond donors (Lipinski definition) is 2. The van der Waals surface area contributed by atoms with Crippen molar-refractivity contribution in [3.05, 3.63) is 339 Å². The van der Waals surface area contributed by atoms with Gasteiger partial charge in [-0.3, -0.25) is 14.5 Å². The zero-order chi connectivity index (χ0) is 58.2. The number of esters is 1. The second-order valence-electron chi connectivity index (χ2n) is 20.1. The van der Waals surface area contributed by atoms with Gasteiger partial charge in [0.25, 0.3) is 11.8 Å². The molecule has 12 rings (SSSR count). The Morgan fingerprint density at radius 3 is 1.55 bits per heavy atom. The maximum Gasteiger partial charge on any atom is 0.356 e. The van der Waals surface area contributed by atoms with E-state index in [1.165, 1.54) is 28.0 Å². The third-order valence-corrected chi connectivity index (χ3v) is 17.0. The molecule has 9 aromatic carbocycles. The molecule has 1 fully saturated rings. The van der Waals surface area contributed by atoms with Gasteiger partial charge in [0.05, 0.1) is 0 Å². The van der Waals surface area contributed by atoms with Crippen LogP contribution in [-0.2, 0) is 35.1 Å². The molecule has 0 spiro atoms. The average molecular weight is 1160 g/mol. The number of β-lactam (4-membered cyclic amide) rings is 1. The van der Waals surface area contributed by atoms with E-state index in [1.807, 2.05) is 206 Å². The fraction of sp³-hybridized carbons (Fsp3) is 0.100. The quantitative estimate of drug-likeness (QED) is 0.0252. The van der Waals surface area contributed by atoms with Crippen molar-refractivity contribution in [1.29, 1.82) is 0 Å². The third-order valence-electron chi connectivity index (χ3n) is 14.9. The topological polar surface area (TPSA) is 131 Å². The number of nitrogens with one attached hydrogen (secondary N) is 2. The highest BCUT2D eigenvalue weighted by Crippen LogP contribution is 2.45. The van der Waals surface area contributed by atoms with E-state index in [0.717, 1.165) is 28.8 Å². The van der Waals surface area contributed by atoms with Gasteiger partial charge in [-0.15, -0.1) is 23.1 Å². The van der Waals surface area contributed by atoms with Gasteiger partial charge >= 0.3 is 5.97 Å². The summed E-state index contributed by atoms with van der Waals surface area (Å²) in [6.45, 7) is -0.352. The number of anilines is 1. The standard InChI is InChI=1S/C70H53F2N5O6S2/c71-56-41-42-59(57(72)43-56)81-44-49-45-84-66-61(65(79)77(66)62(49)67(80)82-63(47-25-9-1-10-26-47)48-27-11-2-12-28-48)74-64(78)60(76-83-70(53-35-19-6-20-36-53,54-37-21-7-22-38-54)55-39-23-8-24-40-55)58-46-85-68(73-58)75-69(50-29-13-3-14-30-50,51-31-15-4-16-32-51)52-33-17-5-18-34-52/h1-43,46,61,63,66H,44-45H2,(H,73,75)(H,74,78)/t61?,66-/m0/s1. The zero-order valence-corrected chi connectivity index (χ0v) is 47.0. The van der Waals surface area contributed by atoms with Gasteiger partial charge in [-0.05, 0) is 39.9 Å². The summed E-state index contributed by atoms with van der Waals surface area (Å²) in [5.74, 6) is -4.16. The summed E-state index contributed by atoms with van der Waals surface area (Å²) >= 11 is 2.53. The summed E-state index contributed by atoms with van der Waals surface area (Å²) in [6, 6.07) is 79.0. The van der Waals surface area contributed by atoms with Crippen molar-refractivity contribution < 1.29 is 37.5 Å². The molecule has 0 saturated carbocycles. The number of amides is 2. The Morgan fingerprint density at radius 1 is 0.624 bits per heavy atom. The molecular weight excluding hydrogens is 1110 g/mol. The molecule has 2 amide bonds. The zero-order valence-electron chi connectivity index (χ0n) is 45.4. The summed E-state index contributed by atoms with van der Waals surface area (Å²) in [4.78, 5) is 58.9. The average Bonchev–Trinajstić information content (AvgIpc) is 3.12. The van der Waals surface area contributed by atoms with Crippen LogP contribution in [0.1, 0.15) is 56.3 Å². The number of benzene rings is 9. The SMILES string of the molecule is O=C(NC1C(=O)N2C(C(=O)OC(c3ccccc3)c3ccccc3)=C(COc3ccc(F)cc3F)CS[C@@H]12)C(=NOC(c1ccccc1)(c1ccccc1)c1ccccc1)c1csc(NC(c2ccccc2)(c2ccccc2)c2ccccc2)n1. The van der Waals surface area contributed by atoms with E-state index in [4.69, 9.17) is 24.5 Å². The molecule has 0 bridgehead atoms. The molecular formula is C70H53F2N5O6S2. The van der Waals surface area contributed by atoms with Crippen LogP contribution in [0.4, 0.5) is 13.9 Å². The molecule has 1 aromatic heterocycles. The van der Waals surface area contributed by atoms with Crippen molar-refractivity contribution in [3.8, 4) is 5.75 Å². The van der Waals surface area contributed by atoms with Crippen molar-refractivity contribution in [2.45, 2.75) is 28.7 Å². The molecule has 2 aliphatic heterocycles. The normalized spacial score (nSPS) is 15.1. The molecule has 15 heteroatoms. The number of carbonyl (C=O) groups is 3. The van der Waals surface area contributed by atoms with E-state index in [0.29, 0.717) is 44.6 Å². The summed E-state index contributed by atoms with van der Waals surface area (Å²) in [5, 5.41) is 13.0. The number of rotatable bonds is 20. The Kier molecular flexibility index (Phi) is 16.3. The molecule has 1 saturated heterocycles. The lowest BCUT2D eigenvalue weighted by molar-refractivity contribution is -0.154. The number of carbonyl (C=O) groups excluding carboxylic acids is 3. The van der Waals surface area contributed by atoms with Crippen LogP contribution in [-0.4, -0.2) is 57.2 Å². The van der Waals surface area contributed by atoms with E-state index >= 15 is 9.18 Å². The Balaban J connectivity index is 0.935. The molecule has 3 heterocycles. The highest BCUT2D eigenvalue weighted by molar-refractivity contribution is 8.00. The monoisotopic (exact) mass is 1160 g/mol. The first-order valence-electron chi connectivity index (χ1n) is 27.4. The molecule has 420 valence electrons.